The van der Waals surface area contributed by atoms with Crippen molar-refractivity contribution in [3.8, 4) is 5.75 Å². The van der Waals surface area contributed by atoms with Crippen molar-refractivity contribution in [3.05, 3.63) is 52.8 Å². The molecule has 0 aliphatic carbocycles. The predicted octanol–water partition coefficient (Wildman–Crippen LogP) is 3.12. The van der Waals surface area contributed by atoms with Crippen molar-refractivity contribution in [2.24, 2.45) is 5.73 Å². The maximum atomic E-state index is 13.4. The molecule has 1 saturated heterocycles. The van der Waals surface area contributed by atoms with Crippen molar-refractivity contribution >= 4 is 17.4 Å². The topological polar surface area (TPSA) is 89.0 Å². The van der Waals surface area contributed by atoms with E-state index in [2.05, 4.69) is 11.8 Å². The van der Waals surface area contributed by atoms with E-state index in [1.54, 1.807) is 16.5 Å². The average Bonchev–Trinajstić information content (AvgIpc) is 3.38. The maximum Gasteiger partial charge on any atom is 0.257 e. The van der Waals surface area contributed by atoms with Gasteiger partial charge in [-0.1, -0.05) is 18.6 Å². The van der Waals surface area contributed by atoms with Crippen LogP contribution in [0.2, 0.25) is 0 Å². The first kappa shape index (κ1) is 22.1. The van der Waals surface area contributed by atoms with E-state index < -0.39 is 0 Å². The van der Waals surface area contributed by atoms with Crippen LogP contribution < -0.4 is 15.4 Å². The molecule has 1 aliphatic rings. The second kappa shape index (κ2) is 8.78. The number of benzene rings is 1. The van der Waals surface area contributed by atoms with E-state index in [4.69, 9.17) is 20.6 Å². The average molecular weight is 437 g/mol. The van der Waals surface area contributed by atoms with E-state index >= 15 is 0 Å². The lowest BCUT2D eigenvalue weighted by Crippen LogP contribution is -2.31. The lowest BCUT2D eigenvalue weighted by Gasteiger charge is -2.26. The molecular formula is C24H32N6O2. The number of carbonyl (C=O) groups excluding carboxylic acids is 1. The molecule has 3 heterocycles. The molecule has 0 saturated carbocycles. The van der Waals surface area contributed by atoms with Gasteiger partial charge in [0.2, 0.25) is 0 Å². The normalized spacial score (nSPS) is 17.1. The zero-order valence-electron chi connectivity index (χ0n) is 19.5. The van der Waals surface area contributed by atoms with Crippen molar-refractivity contribution in [2.45, 2.75) is 45.7 Å². The molecule has 170 valence electrons. The summed E-state index contributed by atoms with van der Waals surface area (Å²) in [6, 6.07) is 7.62. The number of amides is 1. The second-order valence-electron chi connectivity index (χ2n) is 8.66. The summed E-state index contributed by atoms with van der Waals surface area (Å²) >= 11 is 0. The van der Waals surface area contributed by atoms with Crippen molar-refractivity contribution in [1.82, 2.24) is 19.5 Å². The first-order valence-electron chi connectivity index (χ1n) is 11.1. The van der Waals surface area contributed by atoms with Crippen LogP contribution in [-0.4, -0.2) is 58.7 Å². The molecule has 3 aromatic rings. The Morgan fingerprint density at radius 2 is 2.12 bits per heavy atom. The molecule has 1 aromatic carbocycles. The summed E-state index contributed by atoms with van der Waals surface area (Å²) in [5, 5.41) is 4.77. The highest BCUT2D eigenvalue weighted by Gasteiger charge is 2.27. The minimum atomic E-state index is -0.182. The third kappa shape index (κ3) is 4.02. The van der Waals surface area contributed by atoms with Crippen LogP contribution in [0.5, 0.6) is 5.75 Å². The van der Waals surface area contributed by atoms with Crippen molar-refractivity contribution in [3.63, 3.8) is 0 Å². The van der Waals surface area contributed by atoms with Gasteiger partial charge in [-0.05, 0) is 38.8 Å². The molecule has 2 N–H and O–H groups in total. The fourth-order valence-electron chi connectivity index (χ4n) is 4.48. The highest BCUT2D eigenvalue weighted by atomic mass is 16.5. The van der Waals surface area contributed by atoms with Crippen LogP contribution in [0, 0.1) is 13.8 Å². The van der Waals surface area contributed by atoms with Crippen LogP contribution in [0.15, 0.2) is 30.5 Å². The highest BCUT2D eigenvalue weighted by molar-refractivity contribution is 5.97. The largest absolute Gasteiger partial charge is 0.496 e. The van der Waals surface area contributed by atoms with Crippen LogP contribution >= 0.6 is 0 Å². The molecule has 32 heavy (non-hydrogen) atoms. The first-order valence-corrected chi connectivity index (χ1v) is 11.1. The number of ether oxygens (including phenoxy) is 1. The molecule has 2 aromatic heterocycles. The predicted molar refractivity (Wildman–Crippen MR) is 125 cm³/mol. The first-order chi connectivity index (χ1) is 15.3. The van der Waals surface area contributed by atoms with E-state index in [1.165, 1.54) is 0 Å². The third-order valence-corrected chi connectivity index (χ3v) is 6.25. The Hall–Kier alpha value is -3.13. The minimum Gasteiger partial charge on any atom is -0.496 e. The molecule has 1 aliphatic heterocycles. The highest BCUT2D eigenvalue weighted by Crippen LogP contribution is 2.29. The van der Waals surface area contributed by atoms with E-state index in [1.807, 2.05) is 51.4 Å². The number of nitrogens with two attached hydrogens (primary N) is 1. The number of carbonyl (C=O) groups is 1. The maximum absolute atomic E-state index is 13.4. The van der Waals surface area contributed by atoms with E-state index in [0.717, 1.165) is 54.2 Å². The number of methoxy groups -OCH3 is 1. The molecule has 4 rings (SSSR count). The number of aryl methyl sites for hydroxylation is 2. The van der Waals surface area contributed by atoms with Gasteiger partial charge in [-0.25, -0.2) is 9.50 Å². The molecule has 0 radical (unpaired) electrons. The lowest BCUT2D eigenvalue weighted by molar-refractivity contribution is 0.0719. The number of hydrogen-bond acceptors (Lipinski definition) is 6. The van der Waals surface area contributed by atoms with Gasteiger partial charge in [0.15, 0.2) is 5.65 Å². The standard InChI is InChI=1S/C24H32N6O2/c1-6-20(28(4)24(31)18-11-15(2)7-8-21(18)32-5)19-12-22-26-23(16(3)13-30(22)27-19)29-10-9-17(25)14-29/h7-8,11-13,17,20H,6,9-10,14,25H2,1-5H3/t17-,20-/m0/s1. The Morgan fingerprint density at radius 3 is 2.78 bits per heavy atom. The fraction of sp³-hybridized carbons (Fsp3) is 0.458. The Bertz CT molecular complexity index is 1140. The third-order valence-electron chi connectivity index (χ3n) is 6.25. The minimum absolute atomic E-state index is 0.0923. The Labute approximate surface area is 189 Å². The summed E-state index contributed by atoms with van der Waals surface area (Å²) < 4.78 is 7.23. The van der Waals surface area contributed by atoms with Gasteiger partial charge in [-0.15, -0.1) is 0 Å². The Kier molecular flexibility index (Phi) is 6.06. The number of nitrogens with zero attached hydrogens (tertiary/aromatic N) is 5. The molecule has 1 amide bonds. The smallest absolute Gasteiger partial charge is 0.257 e. The van der Waals surface area contributed by atoms with Gasteiger partial charge in [-0.2, -0.15) is 5.10 Å². The van der Waals surface area contributed by atoms with Crippen LogP contribution in [-0.2, 0) is 0 Å². The molecule has 1 fully saturated rings. The molecule has 2 atom stereocenters. The van der Waals surface area contributed by atoms with Crippen molar-refractivity contribution in [2.75, 3.05) is 32.1 Å². The Morgan fingerprint density at radius 1 is 1.34 bits per heavy atom. The summed E-state index contributed by atoms with van der Waals surface area (Å²) in [7, 11) is 3.40. The monoisotopic (exact) mass is 436 g/mol. The van der Waals surface area contributed by atoms with Crippen LogP contribution in [0.25, 0.3) is 5.65 Å². The fourth-order valence-corrected chi connectivity index (χ4v) is 4.48. The number of aromatic nitrogens is 3. The van der Waals surface area contributed by atoms with E-state index in [-0.39, 0.29) is 18.0 Å². The summed E-state index contributed by atoms with van der Waals surface area (Å²) in [5.41, 5.74) is 10.3. The summed E-state index contributed by atoms with van der Waals surface area (Å²) in [6.45, 7) is 7.80. The second-order valence-corrected chi connectivity index (χ2v) is 8.66. The van der Waals surface area contributed by atoms with Crippen LogP contribution in [0.4, 0.5) is 5.82 Å². The van der Waals surface area contributed by atoms with Gasteiger partial charge in [0.25, 0.3) is 5.91 Å². The number of anilines is 1. The summed E-state index contributed by atoms with van der Waals surface area (Å²) in [4.78, 5) is 22.2. The van der Waals surface area contributed by atoms with Gasteiger partial charge >= 0.3 is 0 Å². The molecule has 8 nitrogen and oxygen atoms in total. The van der Waals surface area contributed by atoms with E-state index in [0.29, 0.717) is 11.3 Å². The van der Waals surface area contributed by atoms with Gasteiger partial charge in [0.05, 0.1) is 24.4 Å². The lowest BCUT2D eigenvalue weighted by atomic mass is 10.1. The quantitative estimate of drug-likeness (QED) is 0.639. The molecular weight excluding hydrogens is 404 g/mol. The molecule has 0 unspecified atom stereocenters. The van der Waals surface area contributed by atoms with Gasteiger partial charge < -0.3 is 20.3 Å². The van der Waals surface area contributed by atoms with Crippen molar-refractivity contribution in [1.29, 1.82) is 0 Å². The van der Waals surface area contributed by atoms with Crippen LogP contribution in [0.1, 0.15) is 53.0 Å². The summed E-state index contributed by atoms with van der Waals surface area (Å²) in [6.07, 6.45) is 3.71. The van der Waals surface area contributed by atoms with Gasteiger partial charge in [0.1, 0.15) is 11.6 Å². The SMILES string of the molecule is CC[C@@H](c1cc2nc(N3CC[C@H](N)C3)c(C)cn2n1)N(C)C(=O)c1cc(C)ccc1OC. The summed E-state index contributed by atoms with van der Waals surface area (Å²) in [5.74, 6) is 1.44. The zero-order chi connectivity index (χ0) is 23.0. The molecule has 8 heteroatoms. The number of rotatable bonds is 6. The Balaban J connectivity index is 1.66. The molecule has 0 bridgehead atoms. The number of hydrogen-bond donors (Lipinski definition) is 1. The van der Waals surface area contributed by atoms with Gasteiger partial charge in [0, 0.05) is 44.0 Å². The molecule has 0 spiro atoms. The van der Waals surface area contributed by atoms with Crippen molar-refractivity contribution < 1.29 is 9.53 Å². The zero-order valence-corrected chi connectivity index (χ0v) is 19.5. The van der Waals surface area contributed by atoms with E-state index in [9.17, 15) is 4.79 Å². The van der Waals surface area contributed by atoms with Gasteiger partial charge in [-0.3, -0.25) is 4.79 Å². The number of fused-ring (bicyclic) bond motifs is 1. The van der Waals surface area contributed by atoms with Crippen LogP contribution in [0.3, 0.4) is 0 Å².